The summed E-state index contributed by atoms with van der Waals surface area (Å²) in [5.41, 5.74) is 3.31. The van der Waals surface area contributed by atoms with Gasteiger partial charge in [-0.1, -0.05) is 60.7 Å². The number of benzene rings is 2. The molecule has 0 bridgehead atoms. The van der Waals surface area contributed by atoms with Crippen LogP contribution in [0.3, 0.4) is 0 Å². The number of likely N-dealkylation sites (N-methyl/N-ethyl adjacent to an activating group) is 1. The molecule has 5 nitrogen and oxygen atoms in total. The van der Waals surface area contributed by atoms with E-state index >= 15 is 0 Å². The summed E-state index contributed by atoms with van der Waals surface area (Å²) >= 11 is 1.59. The number of piperazine rings is 1. The largest absolute Gasteiger partial charge is 0.356 e. The van der Waals surface area contributed by atoms with E-state index in [-0.39, 0.29) is 5.91 Å². The van der Waals surface area contributed by atoms with Crippen LogP contribution in [-0.2, 0) is 11.2 Å². The molecule has 3 aromatic rings. The van der Waals surface area contributed by atoms with Gasteiger partial charge in [0.1, 0.15) is 5.01 Å². The number of carbonyl (C=O) groups excluding carboxylic acids is 1. The second-order valence-electron chi connectivity index (χ2n) is 8.11. The van der Waals surface area contributed by atoms with Gasteiger partial charge >= 0.3 is 0 Å². The highest BCUT2D eigenvalue weighted by molar-refractivity contribution is 7.13. The van der Waals surface area contributed by atoms with E-state index < -0.39 is 0 Å². The number of carbonyl (C=O) groups is 1. The van der Waals surface area contributed by atoms with E-state index in [2.05, 4.69) is 57.5 Å². The number of nitrogens with zero attached hydrogens (tertiary/aromatic N) is 3. The normalized spacial score (nSPS) is 17.5. The molecule has 1 saturated heterocycles. The molecule has 31 heavy (non-hydrogen) atoms. The molecular formula is C25H30N4OS. The average molecular weight is 435 g/mol. The second-order valence-corrected chi connectivity index (χ2v) is 8.97. The van der Waals surface area contributed by atoms with Gasteiger partial charge in [-0.2, -0.15) is 0 Å². The summed E-state index contributed by atoms with van der Waals surface area (Å²) in [5, 5.41) is 6.02. The lowest BCUT2D eigenvalue weighted by atomic mass is 10.0. The molecule has 1 N–H and O–H groups in total. The average Bonchev–Trinajstić information content (AvgIpc) is 3.27. The molecule has 0 spiro atoms. The molecule has 1 atom stereocenters. The first kappa shape index (κ1) is 21.7. The molecule has 2 heterocycles. The third kappa shape index (κ3) is 6.00. The molecule has 0 aliphatic carbocycles. The van der Waals surface area contributed by atoms with Crippen LogP contribution in [-0.4, -0.2) is 60.5 Å². The lowest BCUT2D eigenvalue weighted by Crippen LogP contribution is -2.47. The summed E-state index contributed by atoms with van der Waals surface area (Å²) in [4.78, 5) is 21.9. The Labute approximate surface area is 188 Å². The van der Waals surface area contributed by atoms with Crippen molar-refractivity contribution < 1.29 is 4.79 Å². The Hall–Kier alpha value is -2.54. The van der Waals surface area contributed by atoms with Crippen molar-refractivity contribution in [2.45, 2.75) is 18.9 Å². The molecule has 162 valence electrons. The minimum absolute atomic E-state index is 0.0444. The van der Waals surface area contributed by atoms with Gasteiger partial charge in [-0.05, 0) is 19.0 Å². The van der Waals surface area contributed by atoms with Gasteiger partial charge in [0.25, 0.3) is 0 Å². The number of rotatable bonds is 8. The van der Waals surface area contributed by atoms with Crippen molar-refractivity contribution in [1.29, 1.82) is 0 Å². The van der Waals surface area contributed by atoms with Crippen LogP contribution in [0.5, 0.6) is 0 Å². The summed E-state index contributed by atoms with van der Waals surface area (Å²) in [6.07, 6.45) is 1.29. The van der Waals surface area contributed by atoms with Crippen molar-refractivity contribution in [2.24, 2.45) is 0 Å². The number of thiazole rings is 1. The maximum absolute atomic E-state index is 12.4. The zero-order valence-electron chi connectivity index (χ0n) is 18.0. The first-order valence-corrected chi connectivity index (χ1v) is 11.8. The van der Waals surface area contributed by atoms with Gasteiger partial charge in [-0.25, -0.2) is 4.98 Å². The Morgan fingerprint density at radius 1 is 1.10 bits per heavy atom. The van der Waals surface area contributed by atoms with Gasteiger partial charge < -0.3 is 10.2 Å². The molecule has 1 amide bonds. The van der Waals surface area contributed by atoms with Gasteiger partial charge in [-0.15, -0.1) is 11.3 Å². The van der Waals surface area contributed by atoms with Crippen LogP contribution in [0, 0.1) is 0 Å². The molecule has 1 aliphatic rings. The maximum Gasteiger partial charge on any atom is 0.226 e. The van der Waals surface area contributed by atoms with E-state index in [1.165, 1.54) is 5.56 Å². The van der Waals surface area contributed by atoms with E-state index in [0.29, 0.717) is 19.0 Å². The van der Waals surface area contributed by atoms with Crippen LogP contribution >= 0.6 is 11.3 Å². The van der Waals surface area contributed by atoms with Crippen molar-refractivity contribution in [1.82, 2.24) is 20.1 Å². The summed E-state index contributed by atoms with van der Waals surface area (Å²) in [7, 11) is 2.19. The van der Waals surface area contributed by atoms with Gasteiger partial charge in [0.2, 0.25) is 5.91 Å². The number of nitrogens with one attached hydrogen (secondary N) is 1. The lowest BCUT2D eigenvalue weighted by Gasteiger charge is -2.40. The monoisotopic (exact) mass is 434 g/mol. The van der Waals surface area contributed by atoms with Crippen LogP contribution in [0.15, 0.2) is 66.0 Å². The third-order valence-corrected chi connectivity index (χ3v) is 6.68. The molecule has 4 rings (SSSR count). The van der Waals surface area contributed by atoms with Crippen molar-refractivity contribution in [2.75, 3.05) is 39.8 Å². The number of aromatic nitrogens is 1. The lowest BCUT2D eigenvalue weighted by molar-refractivity contribution is -0.120. The van der Waals surface area contributed by atoms with Crippen LogP contribution in [0.1, 0.15) is 23.7 Å². The number of hydrogen-bond donors (Lipinski definition) is 1. The number of hydrogen-bond acceptors (Lipinski definition) is 5. The first-order valence-electron chi connectivity index (χ1n) is 10.9. The van der Waals surface area contributed by atoms with E-state index in [1.807, 2.05) is 35.7 Å². The maximum atomic E-state index is 12.4. The Morgan fingerprint density at radius 3 is 2.61 bits per heavy atom. The zero-order valence-corrected chi connectivity index (χ0v) is 18.9. The van der Waals surface area contributed by atoms with Crippen molar-refractivity contribution in [3.63, 3.8) is 0 Å². The molecule has 1 aliphatic heterocycles. The fourth-order valence-corrected chi connectivity index (χ4v) is 4.88. The van der Waals surface area contributed by atoms with E-state index in [4.69, 9.17) is 0 Å². The molecule has 1 unspecified atom stereocenters. The molecule has 0 radical (unpaired) electrons. The fraction of sp³-hybridized carbons (Fsp3) is 0.360. The third-order valence-electron chi connectivity index (χ3n) is 5.74. The predicted octanol–water partition coefficient (Wildman–Crippen LogP) is 3.85. The fourth-order valence-electron chi connectivity index (χ4n) is 4.05. The van der Waals surface area contributed by atoms with Crippen molar-refractivity contribution >= 4 is 17.2 Å². The SMILES string of the molecule is CN1CCN(CCCNC(=O)Cc2csc(-c3ccccc3)n2)C(c2ccccc2)C1. The number of amides is 1. The van der Waals surface area contributed by atoms with Crippen LogP contribution < -0.4 is 5.32 Å². The summed E-state index contributed by atoms with van der Waals surface area (Å²) in [6.45, 7) is 4.88. The van der Waals surface area contributed by atoms with Crippen molar-refractivity contribution in [3.8, 4) is 10.6 Å². The van der Waals surface area contributed by atoms with E-state index in [1.54, 1.807) is 11.3 Å². The highest BCUT2D eigenvalue weighted by atomic mass is 32.1. The Morgan fingerprint density at radius 2 is 1.84 bits per heavy atom. The Balaban J connectivity index is 1.23. The Kier molecular flexibility index (Phi) is 7.46. The summed E-state index contributed by atoms with van der Waals surface area (Å²) < 4.78 is 0. The molecule has 6 heteroatoms. The highest BCUT2D eigenvalue weighted by Gasteiger charge is 2.25. The minimum Gasteiger partial charge on any atom is -0.356 e. The smallest absolute Gasteiger partial charge is 0.226 e. The van der Waals surface area contributed by atoms with Gasteiger partial charge in [0.05, 0.1) is 12.1 Å². The van der Waals surface area contributed by atoms with E-state index in [0.717, 1.165) is 48.9 Å². The quantitative estimate of drug-likeness (QED) is 0.547. The minimum atomic E-state index is 0.0444. The molecule has 2 aromatic carbocycles. The highest BCUT2D eigenvalue weighted by Crippen LogP contribution is 2.25. The molecule has 1 aromatic heterocycles. The Bertz CT molecular complexity index is 960. The standard InChI is InChI=1S/C25H30N4OS/c1-28-15-16-29(23(18-28)20-9-4-2-5-10-20)14-8-13-26-24(30)17-22-19-31-25(27-22)21-11-6-3-7-12-21/h2-7,9-12,19,23H,8,13-18H2,1H3,(H,26,30). The van der Waals surface area contributed by atoms with Gasteiger partial charge in [0, 0.05) is 49.7 Å². The second kappa shape index (κ2) is 10.7. The summed E-state index contributed by atoms with van der Waals surface area (Å²) in [6, 6.07) is 21.3. The first-order chi connectivity index (χ1) is 15.2. The molecular weight excluding hydrogens is 404 g/mol. The van der Waals surface area contributed by atoms with Gasteiger partial charge in [-0.3, -0.25) is 9.69 Å². The van der Waals surface area contributed by atoms with Crippen LogP contribution in [0.25, 0.3) is 10.6 Å². The van der Waals surface area contributed by atoms with Crippen molar-refractivity contribution in [3.05, 3.63) is 77.3 Å². The molecule has 0 saturated carbocycles. The predicted molar refractivity (Wildman–Crippen MR) is 127 cm³/mol. The van der Waals surface area contributed by atoms with E-state index in [9.17, 15) is 4.79 Å². The van der Waals surface area contributed by atoms with Crippen LogP contribution in [0.2, 0.25) is 0 Å². The van der Waals surface area contributed by atoms with Gasteiger partial charge in [0.15, 0.2) is 0 Å². The molecule has 1 fully saturated rings. The summed E-state index contributed by atoms with van der Waals surface area (Å²) in [5.74, 6) is 0.0444. The topological polar surface area (TPSA) is 48.5 Å². The zero-order chi connectivity index (χ0) is 21.5. The van der Waals surface area contributed by atoms with Crippen LogP contribution in [0.4, 0.5) is 0 Å².